The zero-order chi connectivity index (χ0) is 27.7. The van der Waals surface area contributed by atoms with Crippen LogP contribution in [0.5, 0.6) is 0 Å². The summed E-state index contributed by atoms with van der Waals surface area (Å²) < 4.78 is 41.8. The number of carbonyl (C=O) groups is 2. The van der Waals surface area contributed by atoms with E-state index in [-0.39, 0.29) is 23.0 Å². The summed E-state index contributed by atoms with van der Waals surface area (Å²) in [4.78, 5) is 28.0. The number of nitrogens with zero attached hydrogens (tertiary/aromatic N) is 2. The van der Waals surface area contributed by atoms with E-state index in [1.807, 2.05) is 6.92 Å². The number of nitrogens with one attached hydrogen (secondary N) is 1. The molecule has 1 N–H and O–H groups in total. The van der Waals surface area contributed by atoms with Gasteiger partial charge in [0.05, 0.1) is 10.6 Å². The molecule has 3 aromatic carbocycles. The van der Waals surface area contributed by atoms with Crippen LogP contribution in [0.3, 0.4) is 0 Å². The Bertz CT molecular complexity index is 1320. The minimum Gasteiger partial charge on any atom is -0.354 e. The second kappa shape index (κ2) is 13.4. The first-order chi connectivity index (χ1) is 18.1. The first-order valence-electron chi connectivity index (χ1n) is 12.3. The Hall–Kier alpha value is -3.43. The van der Waals surface area contributed by atoms with Crippen molar-refractivity contribution in [3.8, 4) is 0 Å². The predicted molar refractivity (Wildman–Crippen MR) is 147 cm³/mol. The van der Waals surface area contributed by atoms with E-state index in [2.05, 4.69) is 5.32 Å². The Balaban J connectivity index is 1.97. The van der Waals surface area contributed by atoms with Crippen LogP contribution in [0.1, 0.15) is 32.3 Å². The molecule has 1 unspecified atom stereocenters. The molecular weight excluding hydrogens is 529 g/mol. The summed E-state index contributed by atoms with van der Waals surface area (Å²) in [6, 6.07) is 18.6. The van der Waals surface area contributed by atoms with E-state index >= 15 is 0 Å². The second-order valence-electron chi connectivity index (χ2n) is 8.77. The van der Waals surface area contributed by atoms with Crippen molar-refractivity contribution in [1.29, 1.82) is 0 Å². The SMILES string of the molecule is CCCCNC(=O)C(C)N(Cc1ccc(F)cc1)C(=O)CN(c1ccc(Cl)cc1)S(=O)(=O)c1ccccc1. The van der Waals surface area contributed by atoms with Crippen LogP contribution in [0.4, 0.5) is 10.1 Å². The fourth-order valence-electron chi connectivity index (χ4n) is 3.76. The molecule has 3 aromatic rings. The highest BCUT2D eigenvalue weighted by atomic mass is 35.5. The lowest BCUT2D eigenvalue weighted by molar-refractivity contribution is -0.139. The normalized spacial score (nSPS) is 12.0. The Morgan fingerprint density at radius 1 is 0.974 bits per heavy atom. The highest BCUT2D eigenvalue weighted by molar-refractivity contribution is 7.92. The van der Waals surface area contributed by atoms with Gasteiger partial charge in [-0.15, -0.1) is 0 Å². The fraction of sp³-hybridized carbons (Fsp3) is 0.286. The van der Waals surface area contributed by atoms with Gasteiger partial charge in [-0.3, -0.25) is 13.9 Å². The van der Waals surface area contributed by atoms with Crippen LogP contribution >= 0.6 is 11.6 Å². The monoisotopic (exact) mass is 559 g/mol. The van der Waals surface area contributed by atoms with Crippen molar-refractivity contribution < 1.29 is 22.4 Å². The first-order valence-corrected chi connectivity index (χ1v) is 14.1. The molecule has 0 bridgehead atoms. The van der Waals surface area contributed by atoms with E-state index in [0.29, 0.717) is 17.1 Å². The zero-order valence-corrected chi connectivity index (χ0v) is 22.9. The molecule has 10 heteroatoms. The first kappa shape index (κ1) is 29.1. The number of benzene rings is 3. The summed E-state index contributed by atoms with van der Waals surface area (Å²) in [5.41, 5.74) is 0.838. The number of hydrogen-bond acceptors (Lipinski definition) is 4. The molecule has 202 valence electrons. The van der Waals surface area contributed by atoms with E-state index in [9.17, 15) is 22.4 Å². The maximum Gasteiger partial charge on any atom is 0.264 e. The van der Waals surface area contributed by atoms with E-state index < -0.39 is 34.3 Å². The van der Waals surface area contributed by atoms with Crippen LogP contribution in [-0.2, 0) is 26.2 Å². The van der Waals surface area contributed by atoms with Crippen molar-refractivity contribution in [2.45, 2.75) is 44.2 Å². The summed E-state index contributed by atoms with van der Waals surface area (Å²) in [5.74, 6) is -1.39. The summed E-state index contributed by atoms with van der Waals surface area (Å²) >= 11 is 6.02. The van der Waals surface area contributed by atoms with Crippen LogP contribution < -0.4 is 9.62 Å². The van der Waals surface area contributed by atoms with Gasteiger partial charge in [0, 0.05) is 18.1 Å². The van der Waals surface area contributed by atoms with Gasteiger partial charge in [-0.2, -0.15) is 0 Å². The Morgan fingerprint density at radius 2 is 1.61 bits per heavy atom. The predicted octanol–water partition coefficient (Wildman–Crippen LogP) is 5.01. The maximum atomic E-state index is 13.8. The van der Waals surface area contributed by atoms with Gasteiger partial charge in [0.1, 0.15) is 18.4 Å². The fourth-order valence-corrected chi connectivity index (χ4v) is 5.32. The average Bonchev–Trinajstić information content (AvgIpc) is 2.92. The lowest BCUT2D eigenvalue weighted by atomic mass is 10.1. The number of carbonyl (C=O) groups excluding carboxylic acids is 2. The number of rotatable bonds is 12. The van der Waals surface area contributed by atoms with Gasteiger partial charge in [-0.25, -0.2) is 12.8 Å². The van der Waals surface area contributed by atoms with Gasteiger partial charge < -0.3 is 10.2 Å². The number of halogens is 2. The van der Waals surface area contributed by atoms with Gasteiger partial charge in [-0.05, 0) is 67.4 Å². The molecule has 0 saturated heterocycles. The molecule has 3 rings (SSSR count). The van der Waals surface area contributed by atoms with Gasteiger partial charge in [0.2, 0.25) is 11.8 Å². The van der Waals surface area contributed by atoms with Crippen molar-refractivity contribution in [2.24, 2.45) is 0 Å². The van der Waals surface area contributed by atoms with E-state index in [4.69, 9.17) is 11.6 Å². The van der Waals surface area contributed by atoms with Gasteiger partial charge in [-0.1, -0.05) is 55.3 Å². The molecule has 0 aliphatic carbocycles. The molecule has 38 heavy (non-hydrogen) atoms. The summed E-state index contributed by atoms with van der Waals surface area (Å²) in [6.45, 7) is 3.46. The number of unbranched alkanes of at least 4 members (excludes halogenated alkanes) is 1. The van der Waals surface area contributed by atoms with Crippen LogP contribution in [-0.4, -0.2) is 44.3 Å². The Morgan fingerprint density at radius 3 is 2.21 bits per heavy atom. The number of anilines is 1. The van der Waals surface area contributed by atoms with Crippen molar-refractivity contribution in [1.82, 2.24) is 10.2 Å². The highest BCUT2D eigenvalue weighted by Gasteiger charge is 2.32. The number of hydrogen-bond donors (Lipinski definition) is 1. The third-order valence-corrected chi connectivity index (χ3v) is 8.03. The van der Waals surface area contributed by atoms with Crippen LogP contribution in [0, 0.1) is 5.82 Å². The minimum absolute atomic E-state index is 0.0122. The molecule has 2 amide bonds. The highest BCUT2D eigenvalue weighted by Crippen LogP contribution is 2.26. The van der Waals surface area contributed by atoms with Crippen LogP contribution in [0.25, 0.3) is 0 Å². The molecule has 7 nitrogen and oxygen atoms in total. The summed E-state index contributed by atoms with van der Waals surface area (Å²) in [6.07, 6.45) is 1.67. The lowest BCUT2D eigenvalue weighted by Gasteiger charge is -2.32. The smallest absolute Gasteiger partial charge is 0.264 e. The Labute approximate surface area is 228 Å². The van der Waals surface area contributed by atoms with Crippen molar-refractivity contribution in [3.05, 3.63) is 95.3 Å². The molecule has 0 aliphatic heterocycles. The second-order valence-corrected chi connectivity index (χ2v) is 11.1. The topological polar surface area (TPSA) is 86.8 Å². The van der Waals surface area contributed by atoms with Crippen molar-refractivity contribution in [3.63, 3.8) is 0 Å². The molecule has 0 heterocycles. The molecule has 0 radical (unpaired) electrons. The van der Waals surface area contributed by atoms with E-state index in [1.165, 1.54) is 65.6 Å². The molecule has 0 fully saturated rings. The quantitative estimate of drug-likeness (QED) is 0.316. The third kappa shape index (κ3) is 7.55. The largest absolute Gasteiger partial charge is 0.354 e. The zero-order valence-electron chi connectivity index (χ0n) is 21.3. The van der Waals surface area contributed by atoms with Gasteiger partial charge in [0.15, 0.2) is 0 Å². The van der Waals surface area contributed by atoms with Gasteiger partial charge in [0.25, 0.3) is 10.0 Å². The Kier molecular flexibility index (Phi) is 10.3. The lowest BCUT2D eigenvalue weighted by Crippen LogP contribution is -2.51. The number of sulfonamides is 1. The molecule has 0 aliphatic rings. The molecular formula is C28H31ClFN3O4S. The molecule has 0 saturated carbocycles. The van der Waals surface area contributed by atoms with E-state index in [0.717, 1.165) is 17.1 Å². The molecule has 1 atom stereocenters. The van der Waals surface area contributed by atoms with Gasteiger partial charge >= 0.3 is 0 Å². The van der Waals surface area contributed by atoms with Crippen molar-refractivity contribution in [2.75, 3.05) is 17.4 Å². The number of amides is 2. The van der Waals surface area contributed by atoms with Crippen molar-refractivity contribution >= 4 is 39.1 Å². The van der Waals surface area contributed by atoms with E-state index in [1.54, 1.807) is 25.1 Å². The minimum atomic E-state index is -4.14. The third-order valence-electron chi connectivity index (χ3n) is 5.99. The van der Waals surface area contributed by atoms with Crippen LogP contribution in [0.15, 0.2) is 83.8 Å². The average molecular weight is 560 g/mol. The maximum absolute atomic E-state index is 13.8. The standard InChI is InChI=1S/C28H31ClFN3O4S/c1-3-4-18-31-28(35)21(2)32(19-22-10-14-24(30)15-11-22)27(34)20-33(25-16-12-23(29)13-17-25)38(36,37)26-8-6-5-7-9-26/h5-17,21H,3-4,18-20H2,1-2H3,(H,31,35). The summed E-state index contributed by atoms with van der Waals surface area (Å²) in [5, 5.41) is 3.23. The van der Waals surface area contributed by atoms with Crippen LogP contribution in [0.2, 0.25) is 5.02 Å². The molecule has 0 spiro atoms. The molecule has 0 aromatic heterocycles. The summed E-state index contributed by atoms with van der Waals surface area (Å²) in [7, 11) is -4.14.